The van der Waals surface area contributed by atoms with E-state index in [0.29, 0.717) is 27.3 Å². The first-order chi connectivity index (χ1) is 13.8. The summed E-state index contributed by atoms with van der Waals surface area (Å²) in [6.45, 7) is 6.14. The summed E-state index contributed by atoms with van der Waals surface area (Å²) in [7, 11) is 0. The van der Waals surface area contributed by atoms with Crippen molar-refractivity contribution in [3.63, 3.8) is 0 Å². The van der Waals surface area contributed by atoms with Crippen molar-refractivity contribution in [3.05, 3.63) is 81.1 Å². The zero-order valence-corrected chi connectivity index (χ0v) is 18.1. The second kappa shape index (κ2) is 9.29. The Morgan fingerprint density at radius 3 is 2.52 bits per heavy atom. The van der Waals surface area contributed by atoms with Gasteiger partial charge in [0.25, 0.3) is 5.56 Å². The molecule has 0 aliphatic rings. The van der Waals surface area contributed by atoms with Crippen LogP contribution in [0.2, 0.25) is 5.02 Å². The van der Waals surface area contributed by atoms with Crippen LogP contribution in [-0.4, -0.2) is 21.4 Å². The number of rotatable bonds is 6. The van der Waals surface area contributed by atoms with Gasteiger partial charge in [0.15, 0.2) is 0 Å². The maximum absolute atomic E-state index is 12.2. The minimum atomic E-state index is -0.217. The summed E-state index contributed by atoms with van der Waals surface area (Å²) in [6.07, 6.45) is 0. The van der Waals surface area contributed by atoms with Gasteiger partial charge < -0.3 is 5.32 Å². The van der Waals surface area contributed by atoms with E-state index in [-0.39, 0.29) is 17.2 Å². The van der Waals surface area contributed by atoms with Crippen LogP contribution in [0.3, 0.4) is 0 Å². The maximum atomic E-state index is 12.2. The third-order valence-electron chi connectivity index (χ3n) is 4.39. The summed E-state index contributed by atoms with van der Waals surface area (Å²) in [4.78, 5) is 24.5. The first-order valence-corrected chi connectivity index (χ1v) is 10.6. The average molecular weight is 428 g/mol. The molecule has 150 valence electrons. The molecule has 7 heteroatoms. The van der Waals surface area contributed by atoms with Crippen molar-refractivity contribution < 1.29 is 4.79 Å². The summed E-state index contributed by atoms with van der Waals surface area (Å²) in [5.41, 5.74) is 3.27. The minimum absolute atomic E-state index is 0.170. The molecule has 0 spiro atoms. The minimum Gasteiger partial charge on any atom is -0.325 e. The maximum Gasteiger partial charge on any atom is 0.271 e. The second-order valence-electron chi connectivity index (χ2n) is 6.97. The number of hydrogen-bond acceptors (Lipinski definition) is 4. The SMILES string of the molecule is Cc1ccc(NC(=O)CSc2ccc(=O)n(-c3ccc(C(C)C)cc3)n2)cc1Cl. The molecule has 0 unspecified atom stereocenters. The fraction of sp³-hybridized carbons (Fsp3) is 0.227. The number of carbonyl (C=O) groups is 1. The van der Waals surface area contributed by atoms with Crippen molar-refractivity contribution in [1.29, 1.82) is 0 Å². The van der Waals surface area contributed by atoms with Crippen LogP contribution in [0, 0.1) is 6.92 Å². The number of nitrogens with one attached hydrogen (secondary N) is 1. The van der Waals surface area contributed by atoms with Crippen molar-refractivity contribution >= 4 is 35.0 Å². The van der Waals surface area contributed by atoms with Crippen LogP contribution in [0.4, 0.5) is 5.69 Å². The van der Waals surface area contributed by atoms with Gasteiger partial charge in [-0.15, -0.1) is 0 Å². The van der Waals surface area contributed by atoms with E-state index in [1.165, 1.54) is 28.1 Å². The lowest BCUT2D eigenvalue weighted by molar-refractivity contribution is -0.113. The van der Waals surface area contributed by atoms with E-state index in [2.05, 4.69) is 24.3 Å². The molecule has 0 saturated heterocycles. The first kappa shape index (κ1) is 21.1. The number of halogens is 1. The molecule has 0 saturated carbocycles. The van der Waals surface area contributed by atoms with E-state index in [0.717, 1.165) is 5.56 Å². The van der Waals surface area contributed by atoms with E-state index in [1.807, 2.05) is 43.3 Å². The Bertz CT molecular complexity index is 1080. The summed E-state index contributed by atoms with van der Waals surface area (Å²) in [5.74, 6) is 0.413. The van der Waals surface area contributed by atoms with E-state index in [1.54, 1.807) is 12.1 Å². The molecule has 1 heterocycles. The fourth-order valence-corrected chi connectivity index (χ4v) is 3.50. The largest absolute Gasteiger partial charge is 0.325 e. The van der Waals surface area contributed by atoms with E-state index >= 15 is 0 Å². The van der Waals surface area contributed by atoms with Crippen LogP contribution in [0.5, 0.6) is 0 Å². The molecule has 5 nitrogen and oxygen atoms in total. The Hall–Kier alpha value is -2.57. The summed E-state index contributed by atoms with van der Waals surface area (Å²) >= 11 is 7.35. The average Bonchev–Trinajstić information content (AvgIpc) is 2.70. The monoisotopic (exact) mass is 427 g/mol. The Balaban J connectivity index is 1.68. The number of anilines is 1. The van der Waals surface area contributed by atoms with E-state index < -0.39 is 0 Å². The Kier molecular flexibility index (Phi) is 6.77. The number of aromatic nitrogens is 2. The molecule has 1 amide bonds. The number of aryl methyl sites for hydroxylation is 1. The molecule has 3 rings (SSSR count). The lowest BCUT2D eigenvalue weighted by Gasteiger charge is -2.10. The van der Waals surface area contributed by atoms with Crippen LogP contribution in [0.25, 0.3) is 5.69 Å². The number of amides is 1. The molecule has 3 aromatic rings. The Morgan fingerprint density at radius 2 is 1.86 bits per heavy atom. The normalized spacial score (nSPS) is 10.9. The van der Waals surface area contributed by atoms with Gasteiger partial charge in [0.1, 0.15) is 5.03 Å². The van der Waals surface area contributed by atoms with Crippen molar-refractivity contribution in [2.45, 2.75) is 31.7 Å². The van der Waals surface area contributed by atoms with Crippen LogP contribution in [0.15, 0.2) is 64.4 Å². The van der Waals surface area contributed by atoms with Crippen LogP contribution in [0.1, 0.15) is 30.9 Å². The third kappa shape index (κ3) is 5.49. The highest BCUT2D eigenvalue weighted by Crippen LogP contribution is 2.21. The molecule has 0 atom stereocenters. The molecule has 2 aromatic carbocycles. The van der Waals surface area contributed by atoms with Gasteiger partial charge in [-0.2, -0.15) is 9.78 Å². The second-order valence-corrected chi connectivity index (χ2v) is 8.37. The summed E-state index contributed by atoms with van der Waals surface area (Å²) in [5, 5.41) is 8.40. The topological polar surface area (TPSA) is 64.0 Å². The highest BCUT2D eigenvalue weighted by atomic mass is 35.5. The molecule has 0 fully saturated rings. The Labute approximate surface area is 179 Å². The smallest absolute Gasteiger partial charge is 0.271 e. The molecule has 1 aromatic heterocycles. The van der Waals surface area contributed by atoms with Gasteiger partial charge in [-0.3, -0.25) is 9.59 Å². The fourth-order valence-electron chi connectivity index (χ4n) is 2.66. The molecular formula is C22H22ClN3O2S. The van der Waals surface area contributed by atoms with Gasteiger partial charge in [-0.1, -0.05) is 55.4 Å². The van der Waals surface area contributed by atoms with Gasteiger partial charge in [-0.05, 0) is 54.3 Å². The molecule has 1 N–H and O–H groups in total. The van der Waals surface area contributed by atoms with E-state index in [9.17, 15) is 9.59 Å². The highest BCUT2D eigenvalue weighted by Gasteiger charge is 2.09. The van der Waals surface area contributed by atoms with Crippen LogP contribution < -0.4 is 10.9 Å². The number of carbonyl (C=O) groups excluding carboxylic acids is 1. The predicted molar refractivity (Wildman–Crippen MR) is 119 cm³/mol. The molecule has 0 aliphatic carbocycles. The van der Waals surface area contributed by atoms with Crippen LogP contribution in [-0.2, 0) is 4.79 Å². The van der Waals surface area contributed by atoms with E-state index in [4.69, 9.17) is 11.6 Å². The van der Waals surface area contributed by atoms with Crippen LogP contribution >= 0.6 is 23.4 Å². The van der Waals surface area contributed by atoms with Crippen molar-refractivity contribution in [2.75, 3.05) is 11.1 Å². The lowest BCUT2D eigenvalue weighted by Crippen LogP contribution is -2.21. The highest BCUT2D eigenvalue weighted by molar-refractivity contribution is 7.99. The van der Waals surface area contributed by atoms with Gasteiger partial charge in [0.05, 0.1) is 11.4 Å². The lowest BCUT2D eigenvalue weighted by atomic mass is 10.0. The number of benzene rings is 2. The standard InChI is InChI=1S/C22H22ClN3O2S/c1-14(2)16-5-8-18(9-6-16)26-22(28)11-10-21(25-26)29-13-20(27)24-17-7-4-15(3)19(23)12-17/h4-12,14H,13H2,1-3H3,(H,24,27). The zero-order chi connectivity index (χ0) is 21.0. The summed E-state index contributed by atoms with van der Waals surface area (Å²) in [6, 6.07) is 16.2. The number of thioether (sulfide) groups is 1. The third-order valence-corrected chi connectivity index (χ3v) is 5.71. The number of hydrogen-bond donors (Lipinski definition) is 1. The predicted octanol–water partition coefficient (Wildman–Crippen LogP) is 5.05. The molecular weight excluding hydrogens is 406 g/mol. The molecule has 0 aliphatic heterocycles. The van der Waals surface area contributed by atoms with Gasteiger partial charge in [0, 0.05) is 16.8 Å². The Morgan fingerprint density at radius 1 is 1.14 bits per heavy atom. The van der Waals surface area contributed by atoms with Crippen molar-refractivity contribution in [2.24, 2.45) is 0 Å². The molecule has 0 bridgehead atoms. The van der Waals surface area contributed by atoms with Gasteiger partial charge >= 0.3 is 0 Å². The zero-order valence-electron chi connectivity index (χ0n) is 16.5. The quantitative estimate of drug-likeness (QED) is 0.559. The van der Waals surface area contributed by atoms with Crippen molar-refractivity contribution in [1.82, 2.24) is 9.78 Å². The van der Waals surface area contributed by atoms with Crippen molar-refractivity contribution in [3.8, 4) is 5.69 Å². The van der Waals surface area contributed by atoms with Gasteiger partial charge in [0.2, 0.25) is 5.91 Å². The molecule has 0 radical (unpaired) electrons. The molecule has 29 heavy (non-hydrogen) atoms. The summed E-state index contributed by atoms with van der Waals surface area (Å²) < 4.78 is 1.35. The van der Waals surface area contributed by atoms with Gasteiger partial charge in [-0.25, -0.2) is 0 Å². The first-order valence-electron chi connectivity index (χ1n) is 9.23. The number of nitrogens with zero attached hydrogens (tertiary/aromatic N) is 2.